The monoisotopic (exact) mass is 240 g/mol. The summed E-state index contributed by atoms with van der Waals surface area (Å²) in [5, 5.41) is 0. The van der Waals surface area contributed by atoms with E-state index < -0.39 is 11.9 Å². The van der Waals surface area contributed by atoms with E-state index in [4.69, 9.17) is 10.5 Å². The predicted molar refractivity (Wildman–Crippen MR) is 63.2 cm³/mol. The fraction of sp³-hybridized carbons (Fsp3) is 0.417. The molecule has 0 radical (unpaired) electrons. The summed E-state index contributed by atoms with van der Waals surface area (Å²) >= 11 is 0. The second-order valence-corrected chi connectivity index (χ2v) is 3.83. The molecular weight excluding hydrogens is 223 g/mol. The summed E-state index contributed by atoms with van der Waals surface area (Å²) in [5.41, 5.74) is 5.45. The van der Waals surface area contributed by atoms with Crippen LogP contribution in [0.3, 0.4) is 0 Å². The van der Waals surface area contributed by atoms with E-state index in [9.17, 15) is 9.18 Å². The standard InChI is InChI=1S/C12H17FN2O2/c1-9(14)12(16)15(2)7-8-17-11-6-4-3-5-10(11)13/h3-6,9H,7-8,14H2,1-2H3/t9-/m0/s1. The zero-order valence-corrected chi connectivity index (χ0v) is 10.0. The Morgan fingerprint density at radius 1 is 1.53 bits per heavy atom. The Morgan fingerprint density at radius 3 is 2.76 bits per heavy atom. The van der Waals surface area contributed by atoms with Crippen molar-refractivity contribution in [2.45, 2.75) is 13.0 Å². The molecule has 1 atom stereocenters. The van der Waals surface area contributed by atoms with Crippen LogP contribution in [-0.2, 0) is 4.79 Å². The van der Waals surface area contributed by atoms with Gasteiger partial charge >= 0.3 is 0 Å². The second-order valence-electron chi connectivity index (χ2n) is 3.83. The number of carbonyl (C=O) groups excluding carboxylic acids is 1. The van der Waals surface area contributed by atoms with Gasteiger partial charge < -0.3 is 15.4 Å². The van der Waals surface area contributed by atoms with Gasteiger partial charge in [-0.1, -0.05) is 12.1 Å². The maximum Gasteiger partial charge on any atom is 0.239 e. The van der Waals surface area contributed by atoms with Gasteiger partial charge in [-0.25, -0.2) is 4.39 Å². The van der Waals surface area contributed by atoms with Gasteiger partial charge in [0.05, 0.1) is 12.6 Å². The molecule has 0 fully saturated rings. The summed E-state index contributed by atoms with van der Waals surface area (Å²) in [7, 11) is 1.64. The van der Waals surface area contributed by atoms with Crippen LogP contribution < -0.4 is 10.5 Å². The molecule has 0 aromatic heterocycles. The maximum atomic E-state index is 13.2. The van der Waals surface area contributed by atoms with Crippen molar-refractivity contribution in [1.82, 2.24) is 4.90 Å². The molecule has 0 saturated heterocycles. The minimum absolute atomic E-state index is 0.165. The highest BCUT2D eigenvalue weighted by Crippen LogP contribution is 2.14. The Labute approximate surface area is 100 Å². The number of rotatable bonds is 5. The molecule has 0 aliphatic heterocycles. The highest BCUT2D eigenvalue weighted by atomic mass is 19.1. The van der Waals surface area contributed by atoms with Crippen LogP contribution in [0.2, 0.25) is 0 Å². The average molecular weight is 240 g/mol. The summed E-state index contributed by atoms with van der Waals surface area (Å²) in [5.74, 6) is -0.384. The summed E-state index contributed by atoms with van der Waals surface area (Å²) in [6.07, 6.45) is 0. The Morgan fingerprint density at radius 2 is 2.18 bits per heavy atom. The van der Waals surface area contributed by atoms with Crippen LogP contribution in [-0.4, -0.2) is 37.0 Å². The number of benzene rings is 1. The third-order valence-electron chi connectivity index (χ3n) is 2.29. The van der Waals surface area contributed by atoms with Crippen molar-refractivity contribution in [3.63, 3.8) is 0 Å². The number of halogens is 1. The number of carbonyl (C=O) groups is 1. The molecule has 17 heavy (non-hydrogen) atoms. The van der Waals surface area contributed by atoms with E-state index in [1.165, 1.54) is 11.0 Å². The van der Waals surface area contributed by atoms with Crippen LogP contribution >= 0.6 is 0 Å². The van der Waals surface area contributed by atoms with Crippen molar-refractivity contribution >= 4 is 5.91 Å². The molecule has 4 nitrogen and oxygen atoms in total. The average Bonchev–Trinajstić information content (AvgIpc) is 2.30. The van der Waals surface area contributed by atoms with Crippen molar-refractivity contribution in [3.05, 3.63) is 30.1 Å². The summed E-state index contributed by atoms with van der Waals surface area (Å²) in [6.45, 7) is 2.22. The Kier molecular flexibility index (Phi) is 4.90. The van der Waals surface area contributed by atoms with Crippen molar-refractivity contribution < 1.29 is 13.9 Å². The smallest absolute Gasteiger partial charge is 0.239 e. The molecule has 0 bridgehead atoms. The lowest BCUT2D eigenvalue weighted by molar-refractivity contribution is -0.131. The minimum atomic E-state index is -0.534. The van der Waals surface area contributed by atoms with Crippen LogP contribution in [0.1, 0.15) is 6.92 Å². The van der Waals surface area contributed by atoms with Gasteiger partial charge in [0, 0.05) is 7.05 Å². The first-order chi connectivity index (χ1) is 8.02. The Balaban J connectivity index is 2.38. The number of hydrogen-bond acceptors (Lipinski definition) is 3. The third kappa shape index (κ3) is 4.03. The first-order valence-corrected chi connectivity index (χ1v) is 5.40. The second kappa shape index (κ2) is 6.20. The fourth-order valence-corrected chi connectivity index (χ4v) is 1.31. The fourth-order valence-electron chi connectivity index (χ4n) is 1.31. The number of nitrogens with zero attached hydrogens (tertiary/aromatic N) is 1. The lowest BCUT2D eigenvalue weighted by Gasteiger charge is -2.19. The molecule has 1 rings (SSSR count). The number of nitrogens with two attached hydrogens (primary N) is 1. The molecule has 5 heteroatoms. The SMILES string of the molecule is C[C@H](N)C(=O)N(C)CCOc1ccccc1F. The van der Waals surface area contributed by atoms with Gasteiger partial charge in [-0.2, -0.15) is 0 Å². The maximum absolute atomic E-state index is 13.2. The van der Waals surface area contributed by atoms with Gasteiger partial charge in [-0.05, 0) is 19.1 Å². The van der Waals surface area contributed by atoms with Crippen molar-refractivity contribution in [3.8, 4) is 5.75 Å². The summed E-state index contributed by atoms with van der Waals surface area (Å²) in [6, 6.07) is 5.62. The quantitative estimate of drug-likeness (QED) is 0.835. The van der Waals surface area contributed by atoms with Crippen LogP contribution in [0.25, 0.3) is 0 Å². The molecule has 2 N–H and O–H groups in total. The molecule has 0 saturated carbocycles. The molecular formula is C12H17FN2O2. The third-order valence-corrected chi connectivity index (χ3v) is 2.29. The lowest BCUT2D eigenvalue weighted by Crippen LogP contribution is -2.41. The Bertz CT molecular complexity index is 383. The van der Waals surface area contributed by atoms with Crippen LogP contribution in [0.4, 0.5) is 4.39 Å². The highest BCUT2D eigenvalue weighted by Gasteiger charge is 2.13. The molecule has 0 spiro atoms. The lowest BCUT2D eigenvalue weighted by atomic mass is 10.3. The van der Waals surface area contributed by atoms with Gasteiger partial charge in [0.25, 0.3) is 0 Å². The van der Waals surface area contributed by atoms with Crippen molar-refractivity contribution in [1.29, 1.82) is 0 Å². The molecule has 0 aliphatic carbocycles. The number of amides is 1. The van der Waals surface area contributed by atoms with Gasteiger partial charge in [0.2, 0.25) is 5.91 Å². The van der Waals surface area contributed by atoms with Crippen molar-refractivity contribution in [2.24, 2.45) is 5.73 Å². The van der Waals surface area contributed by atoms with E-state index in [-0.39, 0.29) is 18.3 Å². The van der Waals surface area contributed by atoms with Gasteiger partial charge in [0.1, 0.15) is 6.61 Å². The largest absolute Gasteiger partial charge is 0.489 e. The van der Waals surface area contributed by atoms with Crippen LogP contribution in [0.5, 0.6) is 5.75 Å². The summed E-state index contributed by atoms with van der Waals surface area (Å²) in [4.78, 5) is 12.9. The van der Waals surface area contributed by atoms with Gasteiger partial charge in [-0.3, -0.25) is 4.79 Å². The van der Waals surface area contributed by atoms with E-state index in [1.807, 2.05) is 0 Å². The molecule has 1 aromatic carbocycles. The van der Waals surface area contributed by atoms with Crippen LogP contribution in [0.15, 0.2) is 24.3 Å². The van der Waals surface area contributed by atoms with Gasteiger partial charge in [0.15, 0.2) is 11.6 Å². The normalized spacial score (nSPS) is 12.0. The van der Waals surface area contributed by atoms with Gasteiger partial charge in [-0.15, -0.1) is 0 Å². The van der Waals surface area contributed by atoms with E-state index >= 15 is 0 Å². The van der Waals surface area contributed by atoms with E-state index in [0.717, 1.165) is 0 Å². The molecule has 1 aromatic rings. The first-order valence-electron chi connectivity index (χ1n) is 5.40. The molecule has 94 valence electrons. The topological polar surface area (TPSA) is 55.6 Å². The zero-order valence-electron chi connectivity index (χ0n) is 10.0. The minimum Gasteiger partial charge on any atom is -0.489 e. The molecule has 0 aliphatic rings. The van der Waals surface area contributed by atoms with E-state index in [0.29, 0.717) is 6.54 Å². The summed E-state index contributed by atoms with van der Waals surface area (Å²) < 4.78 is 18.4. The number of para-hydroxylation sites is 1. The number of likely N-dealkylation sites (N-methyl/N-ethyl adjacent to an activating group) is 1. The van der Waals surface area contributed by atoms with E-state index in [1.54, 1.807) is 32.2 Å². The van der Waals surface area contributed by atoms with Crippen molar-refractivity contribution in [2.75, 3.05) is 20.2 Å². The molecule has 0 unspecified atom stereocenters. The van der Waals surface area contributed by atoms with Crippen LogP contribution in [0, 0.1) is 5.82 Å². The van der Waals surface area contributed by atoms with E-state index in [2.05, 4.69) is 0 Å². The first kappa shape index (κ1) is 13.4. The molecule has 1 amide bonds. The zero-order chi connectivity index (χ0) is 12.8. The number of ether oxygens (including phenoxy) is 1. The predicted octanol–water partition coefficient (Wildman–Crippen LogP) is 1.01. The molecule has 0 heterocycles. The highest BCUT2D eigenvalue weighted by molar-refractivity contribution is 5.80. The number of hydrogen-bond donors (Lipinski definition) is 1. The Hall–Kier alpha value is -1.62.